The van der Waals surface area contributed by atoms with E-state index in [0.29, 0.717) is 18.3 Å². The molecule has 5 heteroatoms. The Morgan fingerprint density at radius 1 is 1.30 bits per heavy atom. The average molecular weight is 278 g/mol. The highest BCUT2D eigenvalue weighted by Crippen LogP contribution is 2.30. The number of rotatable bonds is 3. The van der Waals surface area contributed by atoms with Crippen LogP contribution in [-0.2, 0) is 12.1 Å². The van der Waals surface area contributed by atoms with Crippen LogP contribution in [0.25, 0.3) is 0 Å². The van der Waals surface area contributed by atoms with Crippen molar-refractivity contribution < 1.29 is 4.52 Å². The van der Waals surface area contributed by atoms with Crippen LogP contribution in [-0.4, -0.2) is 28.1 Å². The first-order chi connectivity index (χ1) is 9.16. The van der Waals surface area contributed by atoms with E-state index in [1.165, 1.54) is 5.57 Å². The van der Waals surface area contributed by atoms with Crippen LogP contribution in [0.3, 0.4) is 0 Å². The summed E-state index contributed by atoms with van der Waals surface area (Å²) in [5.41, 5.74) is 7.21. The number of hydrogen-bond acceptors (Lipinski definition) is 5. The molecule has 1 aliphatic rings. The maximum atomic E-state index is 5.96. The molecular formula is C15H26N4O. The molecule has 112 valence electrons. The van der Waals surface area contributed by atoms with Crippen LogP contribution >= 0.6 is 0 Å². The van der Waals surface area contributed by atoms with Gasteiger partial charge in [-0.05, 0) is 25.7 Å². The lowest BCUT2D eigenvalue weighted by molar-refractivity contribution is 0.232. The molecule has 2 rings (SSSR count). The second-order valence-electron chi connectivity index (χ2n) is 7.20. The zero-order chi connectivity index (χ0) is 15.0. The minimum absolute atomic E-state index is 0.271. The topological polar surface area (TPSA) is 68.2 Å². The van der Waals surface area contributed by atoms with Gasteiger partial charge in [-0.25, -0.2) is 0 Å². The van der Waals surface area contributed by atoms with Gasteiger partial charge < -0.3 is 10.3 Å². The van der Waals surface area contributed by atoms with Gasteiger partial charge >= 0.3 is 0 Å². The average Bonchev–Trinajstić information content (AvgIpc) is 2.77. The Balaban J connectivity index is 1.96. The van der Waals surface area contributed by atoms with E-state index in [-0.39, 0.29) is 5.41 Å². The fraction of sp³-hybridized carbons (Fsp3) is 0.733. The van der Waals surface area contributed by atoms with Crippen LogP contribution < -0.4 is 5.73 Å². The summed E-state index contributed by atoms with van der Waals surface area (Å²) in [5, 5.41) is 3.95. The van der Waals surface area contributed by atoms with E-state index in [1.54, 1.807) is 0 Å². The van der Waals surface area contributed by atoms with Crippen LogP contribution in [0.4, 0.5) is 0 Å². The van der Waals surface area contributed by atoms with Gasteiger partial charge in [0.2, 0.25) is 5.89 Å². The Hall–Kier alpha value is -1.20. The Labute approximate surface area is 121 Å². The van der Waals surface area contributed by atoms with Gasteiger partial charge in [0.15, 0.2) is 5.82 Å². The lowest BCUT2D eigenvalue weighted by Crippen LogP contribution is -2.31. The Kier molecular flexibility index (Phi) is 4.02. The van der Waals surface area contributed by atoms with E-state index in [1.807, 2.05) is 13.8 Å². The first-order valence-electron chi connectivity index (χ1n) is 7.20. The third-order valence-corrected chi connectivity index (χ3v) is 3.66. The number of aromatic nitrogens is 2. The zero-order valence-corrected chi connectivity index (χ0v) is 13.2. The monoisotopic (exact) mass is 278 g/mol. The van der Waals surface area contributed by atoms with Crippen molar-refractivity contribution in [2.45, 2.75) is 53.1 Å². The molecule has 2 heterocycles. The van der Waals surface area contributed by atoms with E-state index in [0.717, 1.165) is 19.5 Å². The minimum Gasteiger partial charge on any atom is -0.338 e. The predicted octanol–water partition coefficient (Wildman–Crippen LogP) is 2.44. The van der Waals surface area contributed by atoms with Crippen LogP contribution in [0.15, 0.2) is 16.2 Å². The molecule has 0 saturated carbocycles. The summed E-state index contributed by atoms with van der Waals surface area (Å²) in [6.07, 6.45) is 3.43. The molecule has 5 nitrogen and oxygen atoms in total. The van der Waals surface area contributed by atoms with Crippen molar-refractivity contribution in [3.8, 4) is 0 Å². The van der Waals surface area contributed by atoms with E-state index in [4.69, 9.17) is 10.3 Å². The normalized spacial score (nSPS) is 18.2. The number of hydrogen-bond donors (Lipinski definition) is 1. The van der Waals surface area contributed by atoms with E-state index < -0.39 is 5.54 Å². The largest absolute Gasteiger partial charge is 0.338 e. The summed E-state index contributed by atoms with van der Waals surface area (Å²) in [4.78, 5) is 6.69. The Morgan fingerprint density at radius 2 is 2.00 bits per heavy atom. The van der Waals surface area contributed by atoms with Crippen molar-refractivity contribution in [2.75, 3.05) is 13.1 Å². The molecule has 20 heavy (non-hydrogen) atoms. The summed E-state index contributed by atoms with van der Waals surface area (Å²) < 4.78 is 5.28. The summed E-state index contributed by atoms with van der Waals surface area (Å²) >= 11 is 0. The first-order valence-corrected chi connectivity index (χ1v) is 7.20. The van der Waals surface area contributed by atoms with Gasteiger partial charge in [-0.2, -0.15) is 4.98 Å². The van der Waals surface area contributed by atoms with Gasteiger partial charge in [0, 0.05) is 13.1 Å². The molecule has 1 aromatic heterocycles. The molecule has 1 aromatic rings. The van der Waals surface area contributed by atoms with Gasteiger partial charge in [-0.1, -0.05) is 37.6 Å². The highest BCUT2D eigenvalue weighted by Gasteiger charge is 2.24. The molecule has 0 spiro atoms. The molecule has 2 N–H and O–H groups in total. The molecule has 0 unspecified atom stereocenters. The van der Waals surface area contributed by atoms with E-state index in [2.05, 4.69) is 41.9 Å². The summed E-state index contributed by atoms with van der Waals surface area (Å²) in [6, 6.07) is 0. The van der Waals surface area contributed by atoms with Gasteiger partial charge in [0.05, 0.1) is 12.1 Å². The smallest absolute Gasteiger partial charge is 0.240 e. The Morgan fingerprint density at radius 3 is 2.45 bits per heavy atom. The maximum Gasteiger partial charge on any atom is 0.240 e. The Bertz CT molecular complexity index is 491. The van der Waals surface area contributed by atoms with E-state index in [9.17, 15) is 0 Å². The summed E-state index contributed by atoms with van der Waals surface area (Å²) in [7, 11) is 0. The molecule has 1 aliphatic heterocycles. The van der Waals surface area contributed by atoms with Crippen LogP contribution in [0.2, 0.25) is 0 Å². The fourth-order valence-electron chi connectivity index (χ4n) is 2.31. The van der Waals surface area contributed by atoms with Gasteiger partial charge in [0.1, 0.15) is 0 Å². The molecular weight excluding hydrogens is 252 g/mol. The van der Waals surface area contributed by atoms with Crippen molar-refractivity contribution in [1.82, 2.24) is 15.0 Å². The zero-order valence-electron chi connectivity index (χ0n) is 13.2. The number of nitrogens with zero attached hydrogens (tertiary/aromatic N) is 3. The SMILES string of the molecule is CC(C)(C)C1=CCN(Cc2nc(C(C)(C)N)no2)CC1. The molecule has 0 atom stereocenters. The van der Waals surface area contributed by atoms with Crippen molar-refractivity contribution in [2.24, 2.45) is 11.1 Å². The second-order valence-corrected chi connectivity index (χ2v) is 7.20. The van der Waals surface area contributed by atoms with Gasteiger partial charge in [-0.15, -0.1) is 0 Å². The predicted molar refractivity (Wildman–Crippen MR) is 78.9 cm³/mol. The summed E-state index contributed by atoms with van der Waals surface area (Å²) in [5.74, 6) is 1.21. The lowest BCUT2D eigenvalue weighted by atomic mass is 9.83. The quantitative estimate of drug-likeness (QED) is 0.860. The molecule has 0 aliphatic carbocycles. The van der Waals surface area contributed by atoms with Crippen molar-refractivity contribution in [3.05, 3.63) is 23.4 Å². The third-order valence-electron chi connectivity index (χ3n) is 3.66. The third kappa shape index (κ3) is 3.67. The van der Waals surface area contributed by atoms with Crippen LogP contribution in [0.5, 0.6) is 0 Å². The highest BCUT2D eigenvalue weighted by atomic mass is 16.5. The van der Waals surface area contributed by atoms with E-state index >= 15 is 0 Å². The van der Waals surface area contributed by atoms with Crippen molar-refractivity contribution >= 4 is 0 Å². The molecule has 0 aromatic carbocycles. The lowest BCUT2D eigenvalue weighted by Gasteiger charge is -2.31. The van der Waals surface area contributed by atoms with Gasteiger partial charge in [-0.3, -0.25) is 4.90 Å². The fourth-order valence-corrected chi connectivity index (χ4v) is 2.31. The number of nitrogens with two attached hydrogens (primary N) is 1. The standard InChI is InChI=1S/C15H26N4O/c1-14(2,3)11-6-8-19(9-7-11)10-12-17-13(18-20-12)15(4,5)16/h6H,7-10,16H2,1-5H3. The summed E-state index contributed by atoms with van der Waals surface area (Å²) in [6.45, 7) is 13.2. The molecule has 0 radical (unpaired) electrons. The van der Waals surface area contributed by atoms with Crippen molar-refractivity contribution in [3.63, 3.8) is 0 Å². The van der Waals surface area contributed by atoms with Crippen LogP contribution in [0, 0.1) is 5.41 Å². The van der Waals surface area contributed by atoms with Crippen LogP contribution in [0.1, 0.15) is 52.8 Å². The highest BCUT2D eigenvalue weighted by molar-refractivity contribution is 5.14. The maximum absolute atomic E-state index is 5.96. The van der Waals surface area contributed by atoms with Gasteiger partial charge in [0.25, 0.3) is 0 Å². The first kappa shape index (κ1) is 15.2. The molecule has 0 amide bonds. The van der Waals surface area contributed by atoms with Crippen molar-refractivity contribution in [1.29, 1.82) is 0 Å². The molecule has 0 fully saturated rings. The minimum atomic E-state index is -0.553. The second kappa shape index (κ2) is 5.30. The molecule has 0 bridgehead atoms. The molecule has 0 saturated heterocycles.